The van der Waals surface area contributed by atoms with Crippen LogP contribution in [0.3, 0.4) is 0 Å². The highest BCUT2D eigenvalue weighted by Gasteiger charge is 2.43. The van der Waals surface area contributed by atoms with Gasteiger partial charge in [0.25, 0.3) is 0 Å². The Balaban J connectivity index is 0.993. The highest BCUT2D eigenvalue weighted by molar-refractivity contribution is 6.31. The smallest absolute Gasteiger partial charge is 0.0159 e. The van der Waals surface area contributed by atoms with Gasteiger partial charge >= 0.3 is 0 Å². The van der Waals surface area contributed by atoms with E-state index in [1.165, 1.54) is 153 Å². The first-order valence-corrected chi connectivity index (χ1v) is 24.3. The van der Waals surface area contributed by atoms with E-state index in [0.717, 1.165) is 0 Å². The molecule has 318 valence electrons. The molecule has 15 rings (SSSR count). The quantitative estimate of drug-likeness (QED) is 0.123. The maximum Gasteiger partial charge on any atom is 0.0159 e. The van der Waals surface area contributed by atoms with Crippen LogP contribution in [-0.4, -0.2) is 0 Å². The summed E-state index contributed by atoms with van der Waals surface area (Å²) < 4.78 is 0. The molecule has 0 saturated carbocycles. The minimum atomic E-state index is -0.202. The SMILES string of the molecule is CC1(C)c2cc3c(cc2-c2c1ccc1c2ccc2c(-c4ccccc4)c4ccccc4c(-c4ccccc4)c21)C(C)(C)c1cc2ccc4c(-c5cccc6ccccc56)ccc5ccc(c1-3)c2c54. The van der Waals surface area contributed by atoms with E-state index in [1.807, 2.05) is 0 Å². The first kappa shape index (κ1) is 38.1. The third-order valence-corrected chi connectivity index (χ3v) is 16.6. The van der Waals surface area contributed by atoms with E-state index in [9.17, 15) is 0 Å². The average Bonchev–Trinajstić information content (AvgIpc) is 3.75. The van der Waals surface area contributed by atoms with Crippen LogP contribution in [0.15, 0.2) is 206 Å². The van der Waals surface area contributed by atoms with Crippen molar-refractivity contribution in [2.24, 2.45) is 0 Å². The Kier molecular flexibility index (Phi) is 7.45. The van der Waals surface area contributed by atoms with Crippen LogP contribution in [0.5, 0.6) is 0 Å². The number of benzene rings is 13. The molecule has 68 heavy (non-hydrogen) atoms. The van der Waals surface area contributed by atoms with E-state index in [1.54, 1.807) is 0 Å². The van der Waals surface area contributed by atoms with Gasteiger partial charge in [0, 0.05) is 10.8 Å². The standard InChI is InChI=1S/C68H46/c1-67(2)56-35-34-51-50(32-33-52-60(40-17-7-5-8-18-40)47-23-13-14-24-48(47)62(66(51)52)41-19-9-6-10-20-41)64(56)54-37-58-55(38-57(54)67)65-53-31-27-42-26-29-46(45-25-15-21-39-16-11-12-22-44(39)45)49-30-28-43(63(53)61(42)49)36-59(65)68(58,3)4/h5-38H,1-4H3. The Labute approximate surface area is 396 Å². The van der Waals surface area contributed by atoms with Crippen molar-refractivity contribution in [2.75, 3.05) is 0 Å². The monoisotopic (exact) mass is 862 g/mol. The summed E-state index contributed by atoms with van der Waals surface area (Å²) in [7, 11) is 0. The number of fused-ring (bicyclic) bond motifs is 13. The molecule has 0 radical (unpaired) electrons. The van der Waals surface area contributed by atoms with E-state index in [2.05, 4.69) is 234 Å². The summed E-state index contributed by atoms with van der Waals surface area (Å²) in [4.78, 5) is 0. The van der Waals surface area contributed by atoms with Crippen molar-refractivity contribution < 1.29 is 0 Å². The fraction of sp³-hybridized carbons (Fsp3) is 0.0882. The Hall–Kier alpha value is -8.06. The molecule has 0 aromatic heterocycles. The average molecular weight is 863 g/mol. The molecule has 0 heterocycles. The van der Waals surface area contributed by atoms with Crippen molar-refractivity contribution in [3.05, 3.63) is 229 Å². The molecule has 0 aliphatic heterocycles. The van der Waals surface area contributed by atoms with Crippen LogP contribution < -0.4 is 0 Å². The highest BCUT2D eigenvalue weighted by Crippen LogP contribution is 2.60. The van der Waals surface area contributed by atoms with Crippen molar-refractivity contribution in [2.45, 2.75) is 38.5 Å². The van der Waals surface area contributed by atoms with Crippen molar-refractivity contribution in [1.82, 2.24) is 0 Å². The molecule has 0 nitrogen and oxygen atoms in total. The molecule has 13 aromatic rings. The summed E-state index contributed by atoms with van der Waals surface area (Å²) in [6, 6.07) is 78.5. The van der Waals surface area contributed by atoms with Crippen LogP contribution in [-0.2, 0) is 10.8 Å². The summed E-state index contributed by atoms with van der Waals surface area (Å²) in [5, 5.41) is 18.4. The molecule has 0 bridgehead atoms. The van der Waals surface area contributed by atoms with Crippen LogP contribution in [0.4, 0.5) is 0 Å². The predicted octanol–water partition coefficient (Wildman–Crippen LogP) is 18.8. The predicted molar refractivity (Wildman–Crippen MR) is 292 cm³/mol. The lowest BCUT2D eigenvalue weighted by molar-refractivity contribution is 0.652. The van der Waals surface area contributed by atoms with Gasteiger partial charge in [0.15, 0.2) is 0 Å². The van der Waals surface area contributed by atoms with Crippen molar-refractivity contribution in [3.63, 3.8) is 0 Å². The van der Waals surface area contributed by atoms with Gasteiger partial charge in [0.05, 0.1) is 0 Å². The van der Waals surface area contributed by atoms with Crippen molar-refractivity contribution in [1.29, 1.82) is 0 Å². The normalized spacial score (nSPS) is 14.4. The topological polar surface area (TPSA) is 0 Å². The summed E-state index contributed by atoms with van der Waals surface area (Å²) in [6.45, 7) is 9.82. The lowest BCUT2D eigenvalue weighted by atomic mass is 9.79. The molecule has 0 heteroatoms. The number of hydrogen-bond donors (Lipinski definition) is 0. The summed E-state index contributed by atoms with van der Waals surface area (Å²) >= 11 is 0. The van der Waals surface area contributed by atoms with Crippen molar-refractivity contribution in [3.8, 4) is 55.6 Å². The highest BCUT2D eigenvalue weighted by atomic mass is 14.5. The van der Waals surface area contributed by atoms with Gasteiger partial charge in [0.1, 0.15) is 0 Å². The second kappa shape index (κ2) is 13.3. The molecule has 0 N–H and O–H groups in total. The molecule has 0 amide bonds. The zero-order valence-electron chi connectivity index (χ0n) is 38.6. The lowest BCUT2D eigenvalue weighted by Gasteiger charge is -2.24. The Morgan fingerprint density at radius 2 is 0.721 bits per heavy atom. The molecule has 2 aliphatic carbocycles. The maximum atomic E-state index is 2.61. The van der Waals surface area contributed by atoms with Crippen LogP contribution >= 0.6 is 0 Å². The molecular formula is C68H46. The molecule has 0 saturated heterocycles. The summed E-state index contributed by atoms with van der Waals surface area (Å²) in [6.07, 6.45) is 0. The fourth-order valence-corrected chi connectivity index (χ4v) is 13.4. The zero-order chi connectivity index (χ0) is 45.2. The molecule has 0 fully saturated rings. The Morgan fingerprint density at radius 3 is 1.47 bits per heavy atom. The van der Waals surface area contributed by atoms with E-state index < -0.39 is 0 Å². The van der Waals surface area contributed by atoms with Gasteiger partial charge in [0.2, 0.25) is 0 Å². The summed E-state index contributed by atoms with van der Waals surface area (Å²) in [5.41, 5.74) is 18.5. The lowest BCUT2D eigenvalue weighted by Crippen LogP contribution is -2.17. The first-order valence-electron chi connectivity index (χ1n) is 24.3. The van der Waals surface area contributed by atoms with E-state index in [0.29, 0.717) is 0 Å². The van der Waals surface area contributed by atoms with Gasteiger partial charge in [-0.05, 0) is 171 Å². The van der Waals surface area contributed by atoms with Crippen LogP contribution in [0.25, 0.3) is 131 Å². The molecular weight excluding hydrogens is 817 g/mol. The Morgan fingerprint density at radius 1 is 0.235 bits per heavy atom. The molecule has 13 aromatic carbocycles. The van der Waals surface area contributed by atoms with Crippen molar-refractivity contribution >= 4 is 75.4 Å². The van der Waals surface area contributed by atoms with Gasteiger partial charge in [-0.15, -0.1) is 0 Å². The van der Waals surface area contributed by atoms with E-state index >= 15 is 0 Å². The van der Waals surface area contributed by atoms with E-state index in [4.69, 9.17) is 0 Å². The molecule has 0 spiro atoms. The van der Waals surface area contributed by atoms with Crippen LogP contribution in [0.2, 0.25) is 0 Å². The molecule has 2 aliphatic rings. The molecule has 0 atom stereocenters. The van der Waals surface area contributed by atoms with Gasteiger partial charge < -0.3 is 0 Å². The maximum absolute atomic E-state index is 2.61. The van der Waals surface area contributed by atoms with Crippen LogP contribution in [0.1, 0.15) is 49.9 Å². The third-order valence-electron chi connectivity index (χ3n) is 16.6. The zero-order valence-corrected chi connectivity index (χ0v) is 38.6. The third kappa shape index (κ3) is 4.84. The second-order valence-electron chi connectivity index (χ2n) is 20.7. The van der Waals surface area contributed by atoms with Crippen LogP contribution in [0, 0.1) is 0 Å². The van der Waals surface area contributed by atoms with Gasteiger partial charge in [-0.2, -0.15) is 0 Å². The minimum absolute atomic E-state index is 0.201. The van der Waals surface area contributed by atoms with Gasteiger partial charge in [-0.25, -0.2) is 0 Å². The number of rotatable bonds is 3. The van der Waals surface area contributed by atoms with Gasteiger partial charge in [-0.3, -0.25) is 0 Å². The van der Waals surface area contributed by atoms with Gasteiger partial charge in [-0.1, -0.05) is 216 Å². The van der Waals surface area contributed by atoms with E-state index in [-0.39, 0.29) is 10.8 Å². The largest absolute Gasteiger partial charge is 0.0622 e. The second-order valence-corrected chi connectivity index (χ2v) is 20.7. The fourth-order valence-electron chi connectivity index (χ4n) is 13.4. The minimum Gasteiger partial charge on any atom is -0.0622 e. The first-order chi connectivity index (χ1) is 33.3. The number of hydrogen-bond acceptors (Lipinski definition) is 0. The Bertz CT molecular complexity index is 4330. The molecule has 0 unspecified atom stereocenters. The summed E-state index contributed by atoms with van der Waals surface area (Å²) in [5.74, 6) is 0.